The van der Waals surface area contributed by atoms with Gasteiger partial charge >= 0.3 is 8.03 Å². The van der Waals surface area contributed by atoms with Crippen LogP contribution in [-0.2, 0) is 4.57 Å². The molecule has 5 heteroatoms. The van der Waals surface area contributed by atoms with Gasteiger partial charge in [-0.25, -0.2) is 0 Å². The van der Waals surface area contributed by atoms with Gasteiger partial charge in [-0.05, 0) is 17.6 Å². The molecule has 1 atom stereocenters. The molecule has 3 N–H and O–H groups in total. The van der Waals surface area contributed by atoms with Crippen LogP contribution in [0, 0.1) is 6.92 Å². The van der Waals surface area contributed by atoms with Crippen LogP contribution in [0.4, 0.5) is 0 Å². The summed E-state index contributed by atoms with van der Waals surface area (Å²) >= 11 is 0. The average Bonchev–Trinajstić information content (AvgIpc) is 1.82. The van der Waals surface area contributed by atoms with E-state index in [-0.39, 0.29) is 16.8 Å². The summed E-state index contributed by atoms with van der Waals surface area (Å²) in [7, 11) is -2.56. The van der Waals surface area contributed by atoms with Crippen LogP contribution in [-0.4, -0.2) is 15.1 Å². The molecule has 0 fully saturated rings. The Labute approximate surface area is 70.0 Å². The van der Waals surface area contributed by atoms with Crippen molar-refractivity contribution in [2.45, 2.75) is 6.92 Å². The highest BCUT2D eigenvalue weighted by Gasteiger charge is 2.25. The minimum atomic E-state index is -2.56. The summed E-state index contributed by atoms with van der Waals surface area (Å²) in [5.41, 5.74) is 0.399. The first-order valence-corrected chi connectivity index (χ1v) is 4.42. The summed E-state index contributed by atoms with van der Waals surface area (Å²) < 4.78 is 10.7. The van der Waals surface area contributed by atoms with Gasteiger partial charge in [0.1, 0.15) is 5.75 Å². The standard InChI is InChI=1S/C7H7O4P/c1-4-2-5(8)3-6(9)7(4)12(10)11/h2-3H,1H3,(H2-,8,9,10,11)/p+1. The summed E-state index contributed by atoms with van der Waals surface area (Å²) in [6, 6.07) is 2.35. The maximum absolute atomic E-state index is 10.7. The zero-order chi connectivity index (χ0) is 9.30. The van der Waals surface area contributed by atoms with E-state index in [2.05, 4.69) is 0 Å². The third-order valence-electron chi connectivity index (χ3n) is 1.46. The van der Waals surface area contributed by atoms with E-state index in [1.165, 1.54) is 13.0 Å². The summed E-state index contributed by atoms with van der Waals surface area (Å²) in [4.78, 5) is 8.74. The van der Waals surface area contributed by atoms with E-state index >= 15 is 0 Å². The second kappa shape index (κ2) is 3.09. The van der Waals surface area contributed by atoms with Crippen LogP contribution < -0.4 is 5.30 Å². The van der Waals surface area contributed by atoms with Gasteiger partial charge in [-0.3, -0.25) is 0 Å². The van der Waals surface area contributed by atoms with Crippen molar-refractivity contribution in [1.82, 2.24) is 0 Å². The molecule has 0 aliphatic rings. The summed E-state index contributed by atoms with van der Waals surface area (Å²) in [6.45, 7) is 1.54. The van der Waals surface area contributed by atoms with Crippen LogP contribution in [0.2, 0.25) is 0 Å². The Morgan fingerprint density at radius 3 is 2.33 bits per heavy atom. The molecule has 0 amide bonds. The lowest BCUT2D eigenvalue weighted by Gasteiger charge is -1.97. The summed E-state index contributed by atoms with van der Waals surface area (Å²) in [5.74, 6) is -0.471. The van der Waals surface area contributed by atoms with Crippen molar-refractivity contribution in [2.75, 3.05) is 0 Å². The van der Waals surface area contributed by atoms with Crippen molar-refractivity contribution >= 4 is 13.3 Å². The number of phenols is 2. The van der Waals surface area contributed by atoms with Crippen molar-refractivity contribution in [1.29, 1.82) is 0 Å². The molecule has 1 rings (SSSR count). The van der Waals surface area contributed by atoms with Gasteiger partial charge in [-0.2, -0.15) is 4.89 Å². The van der Waals surface area contributed by atoms with Crippen molar-refractivity contribution in [2.24, 2.45) is 0 Å². The quantitative estimate of drug-likeness (QED) is 0.567. The van der Waals surface area contributed by atoms with E-state index in [1.807, 2.05) is 0 Å². The predicted octanol–water partition coefficient (Wildman–Crippen LogP) is 0.766. The minimum Gasteiger partial charge on any atom is -0.508 e. The molecule has 0 saturated heterocycles. The first-order valence-electron chi connectivity index (χ1n) is 3.21. The lowest BCUT2D eigenvalue weighted by Crippen LogP contribution is -2.01. The van der Waals surface area contributed by atoms with Crippen molar-refractivity contribution in [3.8, 4) is 11.5 Å². The molecule has 0 radical (unpaired) electrons. The number of aryl methyl sites for hydroxylation is 1. The topological polar surface area (TPSA) is 77.8 Å². The van der Waals surface area contributed by atoms with Crippen molar-refractivity contribution < 1.29 is 19.7 Å². The van der Waals surface area contributed by atoms with Gasteiger partial charge in [-0.1, -0.05) is 0 Å². The average molecular weight is 187 g/mol. The monoisotopic (exact) mass is 187 g/mol. The lowest BCUT2D eigenvalue weighted by atomic mass is 10.2. The zero-order valence-electron chi connectivity index (χ0n) is 6.35. The molecule has 1 unspecified atom stereocenters. The predicted molar refractivity (Wildman–Crippen MR) is 44.0 cm³/mol. The van der Waals surface area contributed by atoms with Gasteiger partial charge in [-0.15, -0.1) is 0 Å². The molecule has 0 heterocycles. The zero-order valence-corrected chi connectivity index (χ0v) is 7.25. The smallest absolute Gasteiger partial charge is 0.508 e. The van der Waals surface area contributed by atoms with Crippen LogP contribution in [0.3, 0.4) is 0 Å². The Morgan fingerprint density at radius 1 is 1.33 bits per heavy atom. The minimum absolute atomic E-state index is 0.0252. The number of phenolic OH excluding ortho intramolecular Hbond substituents is 2. The van der Waals surface area contributed by atoms with E-state index < -0.39 is 8.03 Å². The molecule has 0 saturated carbocycles. The van der Waals surface area contributed by atoms with E-state index in [0.717, 1.165) is 6.07 Å². The molecule has 0 aliphatic carbocycles. The van der Waals surface area contributed by atoms with E-state index in [9.17, 15) is 4.57 Å². The number of rotatable bonds is 1. The SMILES string of the molecule is Cc1cc(O)cc(O)c1[P+](=O)O. The molecule has 12 heavy (non-hydrogen) atoms. The Kier molecular flexibility index (Phi) is 2.31. The van der Waals surface area contributed by atoms with Crippen LogP contribution in [0.15, 0.2) is 12.1 Å². The first-order chi connectivity index (χ1) is 5.52. The van der Waals surface area contributed by atoms with Gasteiger partial charge in [0.2, 0.25) is 0 Å². The van der Waals surface area contributed by atoms with Crippen LogP contribution in [0.1, 0.15) is 5.56 Å². The second-order valence-corrected chi connectivity index (χ2v) is 3.40. The van der Waals surface area contributed by atoms with Crippen molar-refractivity contribution in [3.63, 3.8) is 0 Å². The Morgan fingerprint density at radius 2 is 1.92 bits per heavy atom. The highest BCUT2D eigenvalue weighted by Crippen LogP contribution is 2.27. The Balaban J connectivity index is 3.38. The van der Waals surface area contributed by atoms with Gasteiger partial charge in [0.15, 0.2) is 5.75 Å². The maximum Gasteiger partial charge on any atom is 0.550 e. The Bertz CT molecular complexity index is 311. The highest BCUT2D eigenvalue weighted by atomic mass is 31.1. The first kappa shape index (κ1) is 8.97. The molecular formula is C7H8O4P+. The summed E-state index contributed by atoms with van der Waals surface area (Å²) in [5, 5.41) is 18.1. The normalized spacial score (nSPS) is 11.3. The number of hydrogen-bond donors (Lipinski definition) is 3. The maximum atomic E-state index is 10.7. The number of aromatic hydroxyl groups is 2. The van der Waals surface area contributed by atoms with E-state index in [0.29, 0.717) is 5.56 Å². The second-order valence-electron chi connectivity index (χ2n) is 2.40. The molecular weight excluding hydrogens is 179 g/mol. The molecule has 0 spiro atoms. The molecule has 0 bridgehead atoms. The molecule has 0 aromatic heterocycles. The number of hydrogen-bond acceptors (Lipinski definition) is 3. The number of benzene rings is 1. The van der Waals surface area contributed by atoms with E-state index in [1.54, 1.807) is 0 Å². The highest BCUT2D eigenvalue weighted by molar-refractivity contribution is 7.47. The van der Waals surface area contributed by atoms with Crippen LogP contribution in [0.25, 0.3) is 0 Å². The van der Waals surface area contributed by atoms with Crippen LogP contribution >= 0.6 is 8.03 Å². The molecule has 1 aromatic rings. The van der Waals surface area contributed by atoms with Gasteiger partial charge in [0.25, 0.3) is 5.30 Å². The van der Waals surface area contributed by atoms with E-state index in [4.69, 9.17) is 15.1 Å². The van der Waals surface area contributed by atoms with Crippen molar-refractivity contribution in [3.05, 3.63) is 17.7 Å². The van der Waals surface area contributed by atoms with Gasteiger partial charge in [0.05, 0.1) is 0 Å². The van der Waals surface area contributed by atoms with Crippen LogP contribution in [0.5, 0.6) is 11.5 Å². The molecule has 64 valence electrons. The third-order valence-corrected chi connectivity index (χ3v) is 2.42. The lowest BCUT2D eigenvalue weighted by molar-refractivity contribution is 0.451. The molecule has 1 aromatic carbocycles. The fourth-order valence-electron chi connectivity index (χ4n) is 0.991. The van der Waals surface area contributed by atoms with Gasteiger partial charge in [0, 0.05) is 11.6 Å². The molecule has 0 aliphatic heterocycles. The summed E-state index contributed by atoms with van der Waals surface area (Å²) in [6.07, 6.45) is 0. The fraction of sp³-hybridized carbons (Fsp3) is 0.143. The Hall–Kier alpha value is -1.12. The largest absolute Gasteiger partial charge is 0.550 e. The van der Waals surface area contributed by atoms with Gasteiger partial charge < -0.3 is 10.2 Å². The molecule has 4 nitrogen and oxygen atoms in total. The third kappa shape index (κ3) is 1.55. The fourth-order valence-corrected chi connectivity index (χ4v) is 1.62.